The Hall–Kier alpha value is -0.220. The molecule has 1 fully saturated rings. The lowest BCUT2D eigenvalue weighted by Crippen LogP contribution is -2.40. The number of hydrogen-bond acceptors (Lipinski definition) is 3. The highest BCUT2D eigenvalue weighted by Crippen LogP contribution is 2.18. The minimum atomic E-state index is 0.333. The average Bonchev–Trinajstić information content (AvgIpc) is 2.24. The van der Waals surface area contributed by atoms with Gasteiger partial charge in [-0.25, -0.2) is 0 Å². The molecule has 4 heteroatoms. The Morgan fingerprint density at radius 1 is 1.47 bits per heavy atom. The molecule has 1 aliphatic rings. The Morgan fingerprint density at radius 3 is 2.93 bits per heavy atom. The van der Waals surface area contributed by atoms with Crippen LogP contribution in [0.1, 0.15) is 32.6 Å². The molecule has 1 unspecified atom stereocenters. The molecular formula is C11H22N2OS. The van der Waals surface area contributed by atoms with Gasteiger partial charge in [-0.3, -0.25) is 4.79 Å². The first-order chi connectivity index (χ1) is 7.24. The van der Waals surface area contributed by atoms with Crippen LogP contribution in [0.4, 0.5) is 0 Å². The molecule has 0 bridgehead atoms. The van der Waals surface area contributed by atoms with Gasteiger partial charge in [0.15, 0.2) is 0 Å². The van der Waals surface area contributed by atoms with E-state index in [1.807, 2.05) is 16.7 Å². The van der Waals surface area contributed by atoms with Crippen LogP contribution in [0.5, 0.6) is 0 Å². The van der Waals surface area contributed by atoms with E-state index in [1.165, 1.54) is 0 Å². The van der Waals surface area contributed by atoms with E-state index in [1.54, 1.807) is 0 Å². The fourth-order valence-electron chi connectivity index (χ4n) is 1.80. The Labute approximate surface area is 96.8 Å². The van der Waals surface area contributed by atoms with Crippen LogP contribution in [0.2, 0.25) is 0 Å². The number of rotatable bonds is 5. The maximum Gasteiger partial charge on any atom is 0.222 e. The quantitative estimate of drug-likeness (QED) is 0.728. The number of nitrogens with two attached hydrogens (primary N) is 1. The third-order valence-electron chi connectivity index (χ3n) is 2.69. The standard InChI is InChI=1S/C11H22N2OS/c1-10-9-13(7-8-15-10)11(14)5-3-2-4-6-12/h10H,2-9,12H2,1H3. The van der Waals surface area contributed by atoms with E-state index in [0.717, 1.165) is 44.6 Å². The van der Waals surface area contributed by atoms with Crippen molar-refractivity contribution in [2.75, 3.05) is 25.4 Å². The van der Waals surface area contributed by atoms with Crippen molar-refractivity contribution in [3.8, 4) is 0 Å². The van der Waals surface area contributed by atoms with Gasteiger partial charge in [-0.1, -0.05) is 13.3 Å². The van der Waals surface area contributed by atoms with Crippen LogP contribution < -0.4 is 5.73 Å². The molecule has 1 aliphatic heterocycles. The number of nitrogens with zero attached hydrogens (tertiary/aromatic N) is 1. The molecule has 0 radical (unpaired) electrons. The van der Waals surface area contributed by atoms with Gasteiger partial charge in [0.1, 0.15) is 0 Å². The van der Waals surface area contributed by atoms with Crippen molar-refractivity contribution in [2.24, 2.45) is 5.73 Å². The summed E-state index contributed by atoms with van der Waals surface area (Å²) in [5, 5.41) is 0.603. The predicted octanol–water partition coefficient (Wildman–Crippen LogP) is 1.47. The van der Waals surface area contributed by atoms with Crippen molar-refractivity contribution in [1.29, 1.82) is 0 Å². The summed E-state index contributed by atoms with van der Waals surface area (Å²) in [5.74, 6) is 1.43. The minimum absolute atomic E-state index is 0.333. The summed E-state index contributed by atoms with van der Waals surface area (Å²) in [5.41, 5.74) is 5.41. The zero-order valence-electron chi connectivity index (χ0n) is 9.58. The van der Waals surface area contributed by atoms with E-state index in [0.29, 0.717) is 17.6 Å². The summed E-state index contributed by atoms with van der Waals surface area (Å²) in [7, 11) is 0. The zero-order valence-corrected chi connectivity index (χ0v) is 10.4. The average molecular weight is 230 g/mol. The molecule has 3 nitrogen and oxygen atoms in total. The van der Waals surface area contributed by atoms with Crippen molar-refractivity contribution in [3.63, 3.8) is 0 Å². The van der Waals surface area contributed by atoms with Gasteiger partial charge in [-0.15, -0.1) is 0 Å². The lowest BCUT2D eigenvalue weighted by Gasteiger charge is -2.30. The fourth-order valence-corrected chi connectivity index (χ4v) is 2.81. The topological polar surface area (TPSA) is 46.3 Å². The summed E-state index contributed by atoms with van der Waals surface area (Å²) < 4.78 is 0. The zero-order chi connectivity index (χ0) is 11.1. The molecule has 1 rings (SSSR count). The van der Waals surface area contributed by atoms with Gasteiger partial charge in [0.2, 0.25) is 5.91 Å². The Kier molecular flexibility index (Phi) is 6.10. The highest BCUT2D eigenvalue weighted by molar-refractivity contribution is 7.99. The van der Waals surface area contributed by atoms with Crippen LogP contribution in [0.15, 0.2) is 0 Å². The van der Waals surface area contributed by atoms with E-state index in [9.17, 15) is 4.79 Å². The van der Waals surface area contributed by atoms with Gasteiger partial charge in [0, 0.05) is 30.5 Å². The highest BCUT2D eigenvalue weighted by atomic mass is 32.2. The number of unbranched alkanes of at least 4 members (excludes halogenated alkanes) is 2. The largest absolute Gasteiger partial charge is 0.341 e. The number of carbonyl (C=O) groups is 1. The summed E-state index contributed by atoms with van der Waals surface area (Å²) in [6.07, 6.45) is 3.82. The van der Waals surface area contributed by atoms with Crippen molar-refractivity contribution < 1.29 is 4.79 Å². The summed E-state index contributed by atoms with van der Waals surface area (Å²) in [6.45, 7) is 4.80. The number of thioether (sulfide) groups is 1. The second kappa shape index (κ2) is 7.12. The third-order valence-corrected chi connectivity index (χ3v) is 3.82. The molecule has 0 saturated carbocycles. The molecule has 1 amide bonds. The maximum absolute atomic E-state index is 11.8. The number of hydrogen-bond donors (Lipinski definition) is 1. The number of carbonyl (C=O) groups excluding carboxylic acids is 1. The third kappa shape index (κ3) is 4.89. The summed E-state index contributed by atoms with van der Waals surface area (Å²) in [4.78, 5) is 13.8. The molecule has 15 heavy (non-hydrogen) atoms. The van der Waals surface area contributed by atoms with Gasteiger partial charge < -0.3 is 10.6 Å². The first-order valence-electron chi connectivity index (χ1n) is 5.83. The van der Waals surface area contributed by atoms with Gasteiger partial charge in [0.05, 0.1) is 0 Å². The van der Waals surface area contributed by atoms with E-state index in [4.69, 9.17) is 5.73 Å². The molecule has 1 heterocycles. The summed E-state index contributed by atoms with van der Waals surface area (Å²) >= 11 is 1.96. The first kappa shape index (κ1) is 12.8. The van der Waals surface area contributed by atoms with Gasteiger partial charge >= 0.3 is 0 Å². The highest BCUT2D eigenvalue weighted by Gasteiger charge is 2.20. The Bertz CT molecular complexity index is 199. The Balaban J connectivity index is 2.15. The summed E-state index contributed by atoms with van der Waals surface area (Å²) in [6, 6.07) is 0. The monoisotopic (exact) mass is 230 g/mol. The first-order valence-corrected chi connectivity index (χ1v) is 6.88. The molecule has 0 aromatic carbocycles. The number of amides is 1. The lowest BCUT2D eigenvalue weighted by atomic mass is 10.2. The molecule has 2 N–H and O–H groups in total. The van der Waals surface area contributed by atoms with Crippen molar-refractivity contribution in [3.05, 3.63) is 0 Å². The molecule has 1 atom stereocenters. The molecule has 0 aromatic heterocycles. The normalized spacial score (nSPS) is 21.7. The predicted molar refractivity (Wildman–Crippen MR) is 66.0 cm³/mol. The van der Waals surface area contributed by atoms with Crippen molar-refractivity contribution in [2.45, 2.75) is 37.9 Å². The molecule has 0 aliphatic carbocycles. The van der Waals surface area contributed by atoms with Gasteiger partial charge in [-0.05, 0) is 19.4 Å². The molecule has 0 aromatic rings. The SMILES string of the molecule is CC1CN(C(=O)CCCCCN)CCS1. The minimum Gasteiger partial charge on any atom is -0.341 e. The van der Waals surface area contributed by atoms with Crippen LogP contribution in [0.3, 0.4) is 0 Å². The molecular weight excluding hydrogens is 208 g/mol. The van der Waals surface area contributed by atoms with Crippen LogP contribution in [-0.4, -0.2) is 41.4 Å². The van der Waals surface area contributed by atoms with Gasteiger partial charge in [-0.2, -0.15) is 11.8 Å². The molecule has 1 saturated heterocycles. The second-order valence-electron chi connectivity index (χ2n) is 4.12. The molecule has 88 valence electrons. The van der Waals surface area contributed by atoms with Crippen LogP contribution >= 0.6 is 11.8 Å². The Morgan fingerprint density at radius 2 is 2.27 bits per heavy atom. The van der Waals surface area contributed by atoms with Crippen LogP contribution in [-0.2, 0) is 4.79 Å². The lowest BCUT2D eigenvalue weighted by molar-refractivity contribution is -0.131. The van der Waals surface area contributed by atoms with E-state index >= 15 is 0 Å². The van der Waals surface area contributed by atoms with Crippen LogP contribution in [0.25, 0.3) is 0 Å². The van der Waals surface area contributed by atoms with E-state index in [2.05, 4.69) is 6.92 Å². The fraction of sp³-hybridized carbons (Fsp3) is 0.909. The maximum atomic E-state index is 11.8. The van der Waals surface area contributed by atoms with E-state index < -0.39 is 0 Å². The van der Waals surface area contributed by atoms with Crippen LogP contribution in [0, 0.1) is 0 Å². The van der Waals surface area contributed by atoms with Crippen molar-refractivity contribution in [1.82, 2.24) is 4.90 Å². The second-order valence-corrected chi connectivity index (χ2v) is 5.67. The van der Waals surface area contributed by atoms with Gasteiger partial charge in [0.25, 0.3) is 0 Å². The van der Waals surface area contributed by atoms with E-state index in [-0.39, 0.29) is 0 Å². The molecule has 0 spiro atoms. The smallest absolute Gasteiger partial charge is 0.222 e. The van der Waals surface area contributed by atoms with Crippen molar-refractivity contribution >= 4 is 17.7 Å².